The predicted molar refractivity (Wildman–Crippen MR) is 374 cm³/mol. The van der Waals surface area contributed by atoms with Gasteiger partial charge in [0.2, 0.25) is 11.8 Å². The van der Waals surface area contributed by atoms with Gasteiger partial charge >= 0.3 is 17.9 Å². The van der Waals surface area contributed by atoms with Crippen molar-refractivity contribution in [3.05, 3.63) is 59.3 Å². The Labute approximate surface area is 588 Å². The van der Waals surface area contributed by atoms with E-state index >= 15 is 0 Å². The van der Waals surface area contributed by atoms with Crippen LogP contribution in [-0.4, -0.2) is 279 Å². The van der Waals surface area contributed by atoms with Gasteiger partial charge in [-0.1, -0.05) is 19.9 Å². The molecule has 4 saturated carbocycles. The highest BCUT2D eigenvalue weighted by Gasteiger charge is 2.62. The second-order valence-corrected chi connectivity index (χ2v) is 27.9. The van der Waals surface area contributed by atoms with Gasteiger partial charge in [0.15, 0.2) is 5.69 Å². The summed E-state index contributed by atoms with van der Waals surface area (Å²) in [6.07, 6.45) is 8.44. The number of hydrogen-bond donors (Lipinski definition) is 5. The van der Waals surface area contributed by atoms with E-state index in [0.717, 1.165) is 57.2 Å². The highest BCUT2D eigenvalue weighted by Crippen LogP contribution is 2.58. The molecule has 5 N–H and O–H groups in total. The lowest BCUT2D eigenvalue weighted by Gasteiger charge is -2.59. The first-order valence-corrected chi connectivity index (χ1v) is 35.8. The number of aromatic nitrogens is 2. The van der Waals surface area contributed by atoms with Crippen LogP contribution in [0.3, 0.4) is 0 Å². The predicted octanol–water partition coefficient (Wildman–Crippen LogP) is 5.83. The molecular formula is C73H110N10O17. The van der Waals surface area contributed by atoms with Crippen LogP contribution in [-0.2, 0) is 47.8 Å². The number of methoxy groups -OCH3 is 2. The van der Waals surface area contributed by atoms with Gasteiger partial charge in [0.25, 0.3) is 11.8 Å². The smallest absolute Gasteiger partial charge is 0.330 e. The third-order valence-electron chi connectivity index (χ3n) is 20.1. The number of aliphatic carboxylic acids is 3. The third kappa shape index (κ3) is 23.1. The fourth-order valence-corrected chi connectivity index (χ4v) is 14.9. The van der Waals surface area contributed by atoms with Gasteiger partial charge in [0, 0.05) is 117 Å². The van der Waals surface area contributed by atoms with E-state index in [4.69, 9.17) is 28.8 Å². The Morgan fingerprint density at radius 3 is 1.80 bits per heavy atom. The fourth-order valence-electron chi connectivity index (χ4n) is 14.9. The minimum atomic E-state index is -1.38. The Kier molecular flexibility index (Phi) is 31.7. The number of nitrogens with one attached hydrogen (secondary N) is 2. The van der Waals surface area contributed by atoms with Crippen molar-refractivity contribution in [2.24, 2.45) is 23.7 Å². The number of carbonyl (C=O) groups excluding carboxylic acids is 6. The summed E-state index contributed by atoms with van der Waals surface area (Å²) >= 11 is 0. The second-order valence-electron chi connectivity index (χ2n) is 27.9. The van der Waals surface area contributed by atoms with Crippen molar-refractivity contribution in [1.82, 2.24) is 49.8 Å². The van der Waals surface area contributed by atoms with Crippen LogP contribution in [0.1, 0.15) is 149 Å². The van der Waals surface area contributed by atoms with E-state index in [1.807, 2.05) is 44.0 Å². The maximum absolute atomic E-state index is 14.5. The first-order valence-electron chi connectivity index (χ1n) is 35.8. The Hall–Kier alpha value is -7.40. The molecule has 1 atom stereocenters. The van der Waals surface area contributed by atoms with Gasteiger partial charge in [0.05, 0.1) is 70.7 Å². The molecule has 8 rings (SSSR count). The lowest BCUT2D eigenvalue weighted by atomic mass is 9.48. The maximum Gasteiger partial charge on any atom is 0.330 e. The fraction of sp³-hybridized carbons (Fsp3) is 0.671. The number of rotatable bonds is 44. The summed E-state index contributed by atoms with van der Waals surface area (Å²) in [7, 11) is 8.67. The number of Topliss-reactive ketones (excluding diaryl/α,β-unsaturated/α-hetero) is 2. The minimum absolute atomic E-state index is 0.000262. The molecule has 4 bridgehead atoms. The number of unbranched alkanes of at least 4 members (excludes halogenated alkanes) is 1. The lowest BCUT2D eigenvalue weighted by molar-refractivity contribution is -0.163. The van der Waals surface area contributed by atoms with Crippen LogP contribution >= 0.6 is 0 Å². The molecule has 1 saturated heterocycles. The van der Waals surface area contributed by atoms with Gasteiger partial charge in [-0.15, -0.1) is 0 Å². The number of amides is 4. The molecule has 1 unspecified atom stereocenters. The van der Waals surface area contributed by atoms with Crippen molar-refractivity contribution >= 4 is 53.1 Å². The van der Waals surface area contributed by atoms with E-state index in [0.29, 0.717) is 176 Å². The van der Waals surface area contributed by atoms with E-state index in [1.54, 1.807) is 76.9 Å². The Morgan fingerprint density at radius 2 is 1.23 bits per heavy atom. The molecule has 100 heavy (non-hydrogen) atoms. The number of carboxylic acids is 3. The summed E-state index contributed by atoms with van der Waals surface area (Å²) in [4.78, 5) is 127. The zero-order valence-corrected chi connectivity index (χ0v) is 60.2. The molecule has 4 aliphatic carbocycles. The van der Waals surface area contributed by atoms with Gasteiger partial charge in [-0.05, 0) is 169 Å². The van der Waals surface area contributed by atoms with Gasteiger partial charge in [-0.2, -0.15) is 5.10 Å². The number of ether oxygens (including phenoxy) is 5. The molecule has 0 spiro atoms. The van der Waals surface area contributed by atoms with E-state index in [2.05, 4.69) is 15.5 Å². The summed E-state index contributed by atoms with van der Waals surface area (Å²) < 4.78 is 30.2. The van der Waals surface area contributed by atoms with Crippen molar-refractivity contribution in [3.8, 4) is 28.4 Å². The number of benzene rings is 2. The van der Waals surface area contributed by atoms with Gasteiger partial charge in [0.1, 0.15) is 34.6 Å². The molecule has 27 heteroatoms. The summed E-state index contributed by atoms with van der Waals surface area (Å²) in [6.45, 7) is 13.2. The standard InChI is InChI=1S/C73H110N10O17/c1-50(2)58-46-54(18-20-60(58)83-62(68-63(96-7)16-11-17-64(68)97-8)47-59(76-83)69(90)75-73(72(94)95)55-42-52-41-53(44-55)45-56(73)43-52)70(91)79(6)28-14-26-77(4)25-13-27-78(5)66(87)23-19-57(85)15-9-10-35-98-37-39-100-40-38-99-36-12-24-74-65(86)22-21-61(71(92)93)82-33-31-80(48-51(3)84)29-30-81(32-34-82)49-67(88)89/h11,16-18,20,46-47,50,52-53,55-56,61H,9-10,12-15,19,21-45,48-49H2,1-8H3,(H,74,86)(H,75,90)(H,88,89)(H,92,93)(H,94,95). The van der Waals surface area contributed by atoms with Crippen molar-refractivity contribution < 1.29 is 82.2 Å². The SMILES string of the molecule is COc1cccc(OC)c1-c1cc(C(=O)NC2(C(=O)O)C3CC4CC(C3)CC2C4)nn1-c1ccc(C(=O)N(C)CCCN(C)CCCN(C)C(=O)CCC(=O)CCCCOCCOCCOCCCNC(=O)CCC(C(=O)O)N2CCN(CC(C)=O)CCN(CC(=O)O)CC2)cc1C(C)C. The molecule has 3 aromatic rings. The zero-order valence-electron chi connectivity index (χ0n) is 60.2. The van der Waals surface area contributed by atoms with Crippen LogP contribution in [0.15, 0.2) is 42.5 Å². The monoisotopic (exact) mass is 1400 g/mol. The van der Waals surface area contributed by atoms with Crippen LogP contribution in [0.5, 0.6) is 11.5 Å². The number of hydrogen-bond acceptors (Lipinski definition) is 19. The number of nitrogens with zero attached hydrogens (tertiary/aromatic N) is 8. The van der Waals surface area contributed by atoms with Gasteiger partial charge in [-0.25, -0.2) is 9.48 Å². The lowest BCUT2D eigenvalue weighted by Crippen LogP contribution is -2.70. The topological polar surface area (TPSA) is 322 Å². The van der Waals surface area contributed by atoms with E-state index < -0.39 is 35.4 Å². The van der Waals surface area contributed by atoms with Crippen LogP contribution in [0.4, 0.5) is 0 Å². The van der Waals surface area contributed by atoms with Crippen LogP contribution in [0, 0.1) is 23.7 Å². The van der Waals surface area contributed by atoms with Crippen molar-refractivity contribution in [1.29, 1.82) is 0 Å². The normalized spacial score (nSPS) is 19.7. The quantitative estimate of drug-likeness (QED) is 0.0416. The third-order valence-corrected chi connectivity index (χ3v) is 20.1. The van der Waals surface area contributed by atoms with Crippen molar-refractivity contribution in [2.45, 2.75) is 135 Å². The molecule has 554 valence electrons. The Morgan fingerprint density at radius 1 is 0.650 bits per heavy atom. The first-order chi connectivity index (χ1) is 47.9. The van der Waals surface area contributed by atoms with Gasteiger partial charge < -0.3 is 64.3 Å². The van der Waals surface area contributed by atoms with Crippen molar-refractivity contribution in [3.63, 3.8) is 0 Å². The molecule has 2 aromatic carbocycles. The van der Waals surface area contributed by atoms with Crippen LogP contribution in [0.25, 0.3) is 16.9 Å². The molecular weight excluding hydrogens is 1290 g/mol. The van der Waals surface area contributed by atoms with Crippen LogP contribution in [0.2, 0.25) is 0 Å². The molecule has 5 fully saturated rings. The largest absolute Gasteiger partial charge is 0.496 e. The second kappa shape index (κ2) is 39.7. The minimum Gasteiger partial charge on any atom is -0.496 e. The first kappa shape index (κ1) is 79.9. The molecule has 1 aliphatic heterocycles. The highest BCUT2D eigenvalue weighted by molar-refractivity contribution is 5.99. The van der Waals surface area contributed by atoms with Crippen LogP contribution < -0.4 is 20.1 Å². The summed E-state index contributed by atoms with van der Waals surface area (Å²) in [5.74, 6) is -2.54. The Balaban J connectivity index is 0.727. The number of carboxylic acid groups (broad SMARTS) is 3. The summed E-state index contributed by atoms with van der Waals surface area (Å²) in [5.41, 5.74) is 1.66. The summed E-state index contributed by atoms with van der Waals surface area (Å²) in [6, 6.07) is 11.6. The average Bonchev–Trinajstić information content (AvgIpc) is 0.783. The van der Waals surface area contributed by atoms with E-state index in [9.17, 15) is 58.5 Å². The Bertz CT molecular complexity index is 3150. The molecule has 2 heterocycles. The van der Waals surface area contributed by atoms with E-state index in [1.165, 1.54) is 6.92 Å². The zero-order chi connectivity index (χ0) is 72.5. The van der Waals surface area contributed by atoms with Gasteiger partial charge in [-0.3, -0.25) is 53.1 Å². The number of carbonyl (C=O) groups is 9. The molecule has 4 amide bonds. The van der Waals surface area contributed by atoms with Crippen molar-refractivity contribution in [2.75, 3.05) is 160 Å². The van der Waals surface area contributed by atoms with E-state index in [-0.39, 0.29) is 91.5 Å². The molecule has 27 nitrogen and oxygen atoms in total. The molecule has 0 radical (unpaired) electrons. The summed E-state index contributed by atoms with van der Waals surface area (Å²) in [5, 5.41) is 41.1. The molecule has 1 aromatic heterocycles. The number of ketones is 2. The highest BCUT2D eigenvalue weighted by atomic mass is 16.5. The average molecular weight is 1400 g/mol. The molecule has 5 aliphatic rings. The maximum atomic E-state index is 14.5.